The van der Waals surface area contributed by atoms with Crippen molar-refractivity contribution in [3.63, 3.8) is 0 Å². The van der Waals surface area contributed by atoms with Gasteiger partial charge in [0.1, 0.15) is 0 Å². The summed E-state index contributed by atoms with van der Waals surface area (Å²) in [5.41, 5.74) is 14.1. The summed E-state index contributed by atoms with van der Waals surface area (Å²) in [5, 5.41) is 5.85. The molecule has 11 rings (SSSR count). The van der Waals surface area contributed by atoms with Crippen LogP contribution in [0.4, 0.5) is 0 Å². The van der Waals surface area contributed by atoms with Crippen LogP contribution >= 0.6 is 0 Å². The Morgan fingerprint density at radius 2 is 0.982 bits per heavy atom. The molecule has 0 amide bonds. The molecule has 0 N–H and O–H groups in total. The second-order valence-electron chi connectivity index (χ2n) is 14.3. The van der Waals surface area contributed by atoms with Gasteiger partial charge in [-0.05, 0) is 94.9 Å². The van der Waals surface area contributed by atoms with Crippen molar-refractivity contribution in [1.82, 2.24) is 24.5 Å². The molecule has 0 radical (unpaired) electrons. The topological polar surface area (TPSA) is 56.5 Å². The fourth-order valence-corrected chi connectivity index (χ4v) is 8.26. The van der Waals surface area contributed by atoms with Crippen molar-refractivity contribution in [2.24, 2.45) is 0 Å². The number of aromatic nitrogens is 5. The third-order valence-corrected chi connectivity index (χ3v) is 10.9. The van der Waals surface area contributed by atoms with Crippen molar-refractivity contribution in [3.8, 4) is 62.0 Å². The van der Waals surface area contributed by atoms with E-state index >= 15 is 0 Å². The Hall–Kier alpha value is -7.76. The van der Waals surface area contributed by atoms with Gasteiger partial charge >= 0.3 is 0 Å². The van der Waals surface area contributed by atoms with Crippen LogP contribution in [0.15, 0.2) is 200 Å². The number of benzene rings is 6. The van der Waals surface area contributed by atoms with Crippen LogP contribution in [0.3, 0.4) is 0 Å². The smallest absolute Gasteiger partial charge is 0.0900 e. The predicted octanol–water partition coefficient (Wildman–Crippen LogP) is 13.0. The Labute approximate surface area is 329 Å². The zero-order valence-corrected chi connectivity index (χ0v) is 30.8. The highest BCUT2D eigenvalue weighted by atomic mass is 15.0. The van der Waals surface area contributed by atoms with Gasteiger partial charge in [0, 0.05) is 50.8 Å². The Kier molecular flexibility index (Phi) is 7.74. The minimum absolute atomic E-state index is 0.800. The predicted molar refractivity (Wildman–Crippen MR) is 234 cm³/mol. The van der Waals surface area contributed by atoms with Crippen LogP contribution in [0.5, 0.6) is 0 Å². The van der Waals surface area contributed by atoms with Crippen LogP contribution < -0.4 is 0 Å². The summed E-state index contributed by atoms with van der Waals surface area (Å²) in [6.45, 7) is 0. The number of hydrogen-bond donors (Lipinski definition) is 0. The van der Waals surface area contributed by atoms with E-state index in [1.807, 2.05) is 48.8 Å². The van der Waals surface area contributed by atoms with E-state index in [2.05, 4.69) is 166 Å². The van der Waals surface area contributed by atoms with Gasteiger partial charge in [-0.15, -0.1) is 0 Å². The lowest BCUT2D eigenvalue weighted by Crippen LogP contribution is -1.96. The van der Waals surface area contributed by atoms with Gasteiger partial charge in [0.05, 0.1) is 45.0 Å². The van der Waals surface area contributed by atoms with Crippen molar-refractivity contribution >= 4 is 43.5 Å². The highest BCUT2D eigenvalue weighted by molar-refractivity contribution is 6.21. The fraction of sp³-hybridized carbons (Fsp3) is 0. The lowest BCUT2D eigenvalue weighted by Gasteiger charge is -2.14. The highest BCUT2D eigenvalue weighted by Gasteiger charge is 2.20. The molecule has 0 aliphatic carbocycles. The van der Waals surface area contributed by atoms with Crippen LogP contribution in [-0.4, -0.2) is 24.5 Å². The summed E-state index contributed by atoms with van der Waals surface area (Å²) in [7, 11) is 0. The van der Waals surface area contributed by atoms with Crippen LogP contribution in [0, 0.1) is 0 Å². The monoisotopic (exact) mass is 727 g/mol. The van der Waals surface area contributed by atoms with E-state index in [1.165, 1.54) is 16.2 Å². The summed E-state index contributed by atoms with van der Waals surface area (Å²) in [5.74, 6) is 0. The molecule has 0 saturated heterocycles. The highest BCUT2D eigenvalue weighted by Crippen LogP contribution is 2.43. The molecule has 0 saturated carbocycles. The van der Waals surface area contributed by atoms with Crippen LogP contribution in [0.2, 0.25) is 0 Å². The van der Waals surface area contributed by atoms with Crippen LogP contribution in [0.25, 0.3) is 105 Å². The van der Waals surface area contributed by atoms with Gasteiger partial charge in [-0.3, -0.25) is 9.97 Å². The molecule has 0 aliphatic rings. The molecule has 0 spiro atoms. The fourth-order valence-electron chi connectivity index (χ4n) is 8.26. The molecule has 57 heavy (non-hydrogen) atoms. The maximum Gasteiger partial charge on any atom is 0.0900 e. The van der Waals surface area contributed by atoms with Crippen molar-refractivity contribution < 1.29 is 0 Å². The summed E-state index contributed by atoms with van der Waals surface area (Å²) in [6.07, 6.45) is 3.61. The van der Waals surface area contributed by atoms with Crippen LogP contribution in [0.1, 0.15) is 0 Å². The van der Waals surface area contributed by atoms with Gasteiger partial charge in [-0.1, -0.05) is 115 Å². The lowest BCUT2D eigenvalue weighted by atomic mass is 9.96. The van der Waals surface area contributed by atoms with Gasteiger partial charge in [0.2, 0.25) is 0 Å². The maximum atomic E-state index is 5.27. The number of nitrogens with zero attached hydrogens (tertiary/aromatic N) is 5. The summed E-state index contributed by atoms with van der Waals surface area (Å²) in [6, 6.07) is 66.1. The first kappa shape index (κ1) is 32.7. The summed E-state index contributed by atoms with van der Waals surface area (Å²) < 4.78 is 2.43. The number of para-hydroxylation sites is 3. The largest absolute Gasteiger partial charge is 0.309 e. The van der Waals surface area contributed by atoms with Crippen molar-refractivity contribution in [2.45, 2.75) is 0 Å². The van der Waals surface area contributed by atoms with Gasteiger partial charge in [0.25, 0.3) is 0 Å². The molecule has 5 aromatic heterocycles. The minimum atomic E-state index is 0.800. The molecule has 0 fully saturated rings. The second-order valence-corrected chi connectivity index (χ2v) is 14.3. The molecule has 5 nitrogen and oxygen atoms in total. The Morgan fingerprint density at radius 3 is 1.72 bits per heavy atom. The number of pyridine rings is 4. The first-order valence-corrected chi connectivity index (χ1v) is 19.1. The zero-order chi connectivity index (χ0) is 37.7. The average molecular weight is 728 g/mol. The number of hydrogen-bond acceptors (Lipinski definition) is 4. The SMILES string of the molecule is c1ccc(-c2nc3ccccc3c3cc4c5cccc(-c6cccc(-c7cc(-c8ccccn8)nc(-c8ccccn8)c7)c6)c5n(-c5ccccc5)c4cc23)cc1. The van der Waals surface area contributed by atoms with E-state index in [1.54, 1.807) is 0 Å². The number of rotatable bonds is 6. The van der Waals surface area contributed by atoms with E-state index in [9.17, 15) is 0 Å². The van der Waals surface area contributed by atoms with E-state index in [-0.39, 0.29) is 0 Å². The van der Waals surface area contributed by atoms with Crippen molar-refractivity contribution in [1.29, 1.82) is 0 Å². The molecule has 266 valence electrons. The summed E-state index contributed by atoms with van der Waals surface area (Å²) >= 11 is 0. The molecule has 0 aliphatic heterocycles. The molecule has 0 bridgehead atoms. The summed E-state index contributed by atoms with van der Waals surface area (Å²) in [4.78, 5) is 19.6. The molecular weight excluding hydrogens is 695 g/mol. The Balaban J connectivity index is 1.17. The van der Waals surface area contributed by atoms with E-state index < -0.39 is 0 Å². The standard InChI is InChI=1S/C52H33N5/c1-3-15-34(16-4-1)51-44-33-50-43(32-42(44)40-21-7-8-24-45(40)56-51)41-23-14-22-39(52(41)57(50)38-19-5-2-6-20-38)36-18-13-17-35(29-36)37-30-48(46-25-9-11-27-53-46)55-49(31-37)47-26-10-12-28-54-47/h1-33H. The van der Waals surface area contributed by atoms with Gasteiger partial charge in [-0.25, -0.2) is 9.97 Å². The average Bonchev–Trinajstić information content (AvgIpc) is 3.62. The normalized spacial score (nSPS) is 11.5. The Morgan fingerprint density at radius 1 is 0.351 bits per heavy atom. The van der Waals surface area contributed by atoms with Crippen molar-refractivity contribution in [3.05, 3.63) is 200 Å². The van der Waals surface area contributed by atoms with E-state index in [0.717, 1.165) is 89.3 Å². The maximum absolute atomic E-state index is 5.27. The van der Waals surface area contributed by atoms with E-state index in [4.69, 9.17) is 9.97 Å². The molecular formula is C52H33N5. The van der Waals surface area contributed by atoms with Gasteiger partial charge < -0.3 is 4.57 Å². The van der Waals surface area contributed by atoms with Crippen molar-refractivity contribution in [2.75, 3.05) is 0 Å². The molecule has 11 aromatic rings. The first-order chi connectivity index (χ1) is 28.3. The van der Waals surface area contributed by atoms with Gasteiger partial charge in [-0.2, -0.15) is 0 Å². The lowest BCUT2D eigenvalue weighted by molar-refractivity contribution is 1.18. The molecule has 0 atom stereocenters. The third-order valence-electron chi connectivity index (χ3n) is 10.9. The Bertz CT molecular complexity index is 3210. The second kappa shape index (κ2) is 13.5. The quantitative estimate of drug-likeness (QED) is 0.160. The molecule has 0 unspecified atom stereocenters. The zero-order valence-electron chi connectivity index (χ0n) is 30.8. The third kappa shape index (κ3) is 5.64. The van der Waals surface area contributed by atoms with Gasteiger partial charge in [0.15, 0.2) is 0 Å². The van der Waals surface area contributed by atoms with E-state index in [0.29, 0.717) is 0 Å². The number of fused-ring (bicyclic) bond motifs is 6. The van der Waals surface area contributed by atoms with Crippen LogP contribution in [-0.2, 0) is 0 Å². The molecule has 6 aromatic carbocycles. The molecule has 5 heteroatoms. The first-order valence-electron chi connectivity index (χ1n) is 19.1. The molecule has 5 heterocycles. The minimum Gasteiger partial charge on any atom is -0.309 e.